The van der Waals surface area contributed by atoms with E-state index in [-0.39, 0.29) is 43.5 Å². The molecule has 1 aliphatic rings. The number of piperidine rings is 1. The van der Waals surface area contributed by atoms with Crippen molar-refractivity contribution in [2.45, 2.75) is 37.8 Å². The van der Waals surface area contributed by atoms with Crippen LogP contribution >= 0.6 is 22.9 Å². The Balaban J connectivity index is 1.63. The van der Waals surface area contributed by atoms with Gasteiger partial charge in [0.1, 0.15) is 18.4 Å². The quantitative estimate of drug-likeness (QED) is 0.626. The lowest BCUT2D eigenvalue weighted by molar-refractivity contribution is -0.0494. The number of halogens is 4. The van der Waals surface area contributed by atoms with E-state index in [0.29, 0.717) is 15.6 Å². The highest BCUT2D eigenvalue weighted by Gasteiger charge is 2.50. The molecule has 0 N–H and O–H groups in total. The van der Waals surface area contributed by atoms with Crippen molar-refractivity contribution in [2.24, 2.45) is 0 Å². The first-order valence-corrected chi connectivity index (χ1v) is 11.5. The lowest BCUT2D eigenvalue weighted by atomic mass is 9.99. The van der Waals surface area contributed by atoms with Crippen molar-refractivity contribution < 1.29 is 26.3 Å². The highest BCUT2D eigenvalue weighted by Crippen LogP contribution is 2.36. The molecule has 0 radical (unpaired) electrons. The lowest BCUT2D eigenvalue weighted by Crippen LogP contribution is -2.44. The van der Waals surface area contributed by atoms with Gasteiger partial charge in [-0.15, -0.1) is 11.3 Å². The van der Waals surface area contributed by atoms with Gasteiger partial charge in [0.15, 0.2) is 0 Å². The summed E-state index contributed by atoms with van der Waals surface area (Å²) in [6.07, 6.45) is 0.543. The van der Waals surface area contributed by atoms with Crippen molar-refractivity contribution in [1.82, 2.24) is 9.29 Å². The second-order valence-corrected chi connectivity index (χ2v) is 10.2. The molecule has 162 valence electrons. The molecule has 30 heavy (non-hydrogen) atoms. The molecule has 1 aromatic heterocycles. The Labute approximate surface area is 180 Å². The largest absolute Gasteiger partial charge is 0.511 e. The molecule has 1 saturated heterocycles. The van der Waals surface area contributed by atoms with Gasteiger partial charge in [-0.3, -0.25) is 0 Å². The number of nitrogens with zero attached hydrogens (tertiary/aromatic N) is 3. The van der Waals surface area contributed by atoms with Crippen LogP contribution in [-0.2, 0) is 16.6 Å². The SMILES string of the molecule is Cc1nc(C2CCN(S(=O)(=O)C(F)(F)F)CC2)sc1COc1ccc(C#N)c(Cl)c1. The van der Waals surface area contributed by atoms with Crippen LogP contribution in [0.2, 0.25) is 5.02 Å². The minimum absolute atomic E-state index is 0.105. The molecule has 0 unspecified atom stereocenters. The smallest absolute Gasteiger partial charge is 0.488 e. The van der Waals surface area contributed by atoms with E-state index in [1.54, 1.807) is 18.2 Å². The number of benzene rings is 1. The van der Waals surface area contributed by atoms with Gasteiger partial charge in [-0.2, -0.15) is 22.7 Å². The summed E-state index contributed by atoms with van der Waals surface area (Å²) in [6, 6.07) is 6.71. The van der Waals surface area contributed by atoms with Gasteiger partial charge in [0, 0.05) is 25.1 Å². The van der Waals surface area contributed by atoms with E-state index in [4.69, 9.17) is 21.6 Å². The van der Waals surface area contributed by atoms with Crippen LogP contribution in [0, 0.1) is 18.3 Å². The number of aryl methyl sites for hydroxylation is 1. The van der Waals surface area contributed by atoms with Crippen LogP contribution in [-0.4, -0.2) is 36.3 Å². The number of thiazole rings is 1. The number of hydrogen-bond donors (Lipinski definition) is 0. The summed E-state index contributed by atoms with van der Waals surface area (Å²) in [5, 5.41) is 9.95. The minimum Gasteiger partial charge on any atom is -0.488 e. The third kappa shape index (κ3) is 4.72. The molecule has 1 aliphatic heterocycles. The Morgan fingerprint density at radius 3 is 2.60 bits per heavy atom. The van der Waals surface area contributed by atoms with Gasteiger partial charge >= 0.3 is 15.5 Å². The van der Waals surface area contributed by atoms with Gasteiger partial charge in [0.2, 0.25) is 0 Å². The number of rotatable bonds is 5. The Morgan fingerprint density at radius 2 is 2.03 bits per heavy atom. The van der Waals surface area contributed by atoms with Crippen molar-refractivity contribution in [3.63, 3.8) is 0 Å². The van der Waals surface area contributed by atoms with Crippen LogP contribution in [0.25, 0.3) is 0 Å². The zero-order valence-corrected chi connectivity index (χ0v) is 18.1. The summed E-state index contributed by atoms with van der Waals surface area (Å²) in [4.78, 5) is 5.36. The summed E-state index contributed by atoms with van der Waals surface area (Å²) < 4.78 is 67.4. The molecule has 0 saturated carbocycles. The number of alkyl halides is 3. The molecule has 2 aromatic rings. The van der Waals surface area contributed by atoms with E-state index in [0.717, 1.165) is 15.6 Å². The molecule has 0 amide bonds. The second-order valence-electron chi connectivity index (χ2n) is 6.73. The highest BCUT2D eigenvalue weighted by atomic mass is 35.5. The molecule has 12 heteroatoms. The van der Waals surface area contributed by atoms with Crippen molar-refractivity contribution >= 4 is 33.0 Å². The lowest BCUT2D eigenvalue weighted by Gasteiger charge is -2.30. The van der Waals surface area contributed by atoms with Gasteiger partial charge in [0.05, 0.1) is 26.2 Å². The fraction of sp³-hybridized carbons (Fsp3) is 0.444. The molecule has 0 spiro atoms. The minimum atomic E-state index is -5.29. The average molecular weight is 480 g/mol. The van der Waals surface area contributed by atoms with Crippen LogP contribution in [0.5, 0.6) is 5.75 Å². The normalized spacial score (nSPS) is 16.4. The zero-order chi connectivity index (χ0) is 22.1. The molecule has 1 aromatic carbocycles. The Bertz CT molecular complexity index is 1070. The molecule has 2 heterocycles. The van der Waals surface area contributed by atoms with Crippen molar-refractivity contribution in [3.8, 4) is 11.8 Å². The summed E-state index contributed by atoms with van der Waals surface area (Å²) in [5.41, 5.74) is -4.18. The Hall–Kier alpha value is -1.87. The molecular formula is C18H17ClF3N3O3S2. The fourth-order valence-corrected chi connectivity index (χ4v) is 5.42. The first-order valence-electron chi connectivity index (χ1n) is 8.88. The molecule has 1 fully saturated rings. The number of aromatic nitrogens is 1. The molecule has 0 bridgehead atoms. The monoisotopic (exact) mass is 479 g/mol. The third-order valence-electron chi connectivity index (χ3n) is 4.78. The highest BCUT2D eigenvalue weighted by molar-refractivity contribution is 7.90. The van der Waals surface area contributed by atoms with E-state index in [1.165, 1.54) is 11.3 Å². The third-order valence-corrected chi connectivity index (χ3v) is 8.01. The number of nitriles is 1. The summed E-state index contributed by atoms with van der Waals surface area (Å²) in [5.74, 6) is 0.394. The predicted octanol–water partition coefficient (Wildman–Crippen LogP) is 4.58. The fourth-order valence-electron chi connectivity index (χ4n) is 3.07. The maximum atomic E-state index is 12.7. The number of sulfonamides is 1. The summed E-state index contributed by atoms with van der Waals surface area (Å²) >= 11 is 7.39. The Kier molecular flexibility index (Phi) is 6.62. The van der Waals surface area contributed by atoms with Crippen molar-refractivity contribution in [2.75, 3.05) is 13.1 Å². The first-order chi connectivity index (χ1) is 14.0. The van der Waals surface area contributed by atoms with E-state index >= 15 is 0 Å². The van der Waals surface area contributed by atoms with Gasteiger partial charge in [-0.1, -0.05) is 11.6 Å². The van der Waals surface area contributed by atoms with Crippen molar-refractivity contribution in [3.05, 3.63) is 44.4 Å². The van der Waals surface area contributed by atoms with Crippen LogP contribution in [0.3, 0.4) is 0 Å². The Morgan fingerprint density at radius 1 is 1.37 bits per heavy atom. The zero-order valence-electron chi connectivity index (χ0n) is 15.7. The number of hydrogen-bond acceptors (Lipinski definition) is 6. The summed E-state index contributed by atoms with van der Waals surface area (Å²) in [7, 11) is -5.29. The van der Waals surface area contributed by atoms with Gasteiger partial charge in [0.25, 0.3) is 0 Å². The van der Waals surface area contributed by atoms with Crippen LogP contribution in [0.4, 0.5) is 13.2 Å². The van der Waals surface area contributed by atoms with Gasteiger partial charge < -0.3 is 4.74 Å². The maximum absolute atomic E-state index is 12.7. The topological polar surface area (TPSA) is 83.3 Å². The van der Waals surface area contributed by atoms with Crippen LogP contribution in [0.1, 0.15) is 39.9 Å². The maximum Gasteiger partial charge on any atom is 0.511 e. The number of ether oxygens (including phenoxy) is 1. The van der Waals surface area contributed by atoms with Crippen LogP contribution in [0.15, 0.2) is 18.2 Å². The summed E-state index contributed by atoms with van der Waals surface area (Å²) in [6.45, 7) is 1.65. The van der Waals surface area contributed by atoms with E-state index in [1.807, 2.05) is 13.0 Å². The first kappa shape index (κ1) is 22.8. The van der Waals surface area contributed by atoms with Crippen LogP contribution < -0.4 is 4.74 Å². The van der Waals surface area contributed by atoms with E-state index in [2.05, 4.69) is 4.98 Å². The van der Waals surface area contributed by atoms with Gasteiger partial charge in [-0.05, 0) is 31.9 Å². The van der Waals surface area contributed by atoms with Gasteiger partial charge in [-0.25, -0.2) is 13.4 Å². The van der Waals surface area contributed by atoms with E-state index < -0.39 is 15.5 Å². The predicted molar refractivity (Wildman–Crippen MR) is 106 cm³/mol. The average Bonchev–Trinajstić information content (AvgIpc) is 3.06. The molecular weight excluding hydrogens is 463 g/mol. The molecule has 0 atom stereocenters. The molecule has 6 nitrogen and oxygen atoms in total. The molecule has 0 aliphatic carbocycles. The second kappa shape index (κ2) is 8.70. The van der Waals surface area contributed by atoms with E-state index in [9.17, 15) is 21.6 Å². The molecule has 3 rings (SSSR count). The standard InChI is InChI=1S/C18H17ClF3N3O3S2/c1-11-16(10-28-14-3-2-13(9-23)15(19)8-14)29-17(24-11)12-4-6-25(7-5-12)30(26,27)18(20,21)22/h2-3,8,12H,4-7,10H2,1H3. The van der Waals surface area contributed by atoms with Crippen molar-refractivity contribution in [1.29, 1.82) is 5.26 Å².